The number of rotatable bonds is 10. The molecule has 0 aliphatic carbocycles. The highest BCUT2D eigenvalue weighted by molar-refractivity contribution is 6.32. The fourth-order valence-electron chi connectivity index (χ4n) is 3.99. The molecule has 0 spiro atoms. The van der Waals surface area contributed by atoms with Crippen molar-refractivity contribution in [2.75, 3.05) is 17.2 Å². The Labute approximate surface area is 245 Å². The van der Waals surface area contributed by atoms with Crippen LogP contribution < -0.4 is 25.4 Å². The summed E-state index contributed by atoms with van der Waals surface area (Å²) in [7, 11) is 0. The van der Waals surface area contributed by atoms with Crippen molar-refractivity contribution >= 4 is 51.7 Å². The van der Waals surface area contributed by atoms with Gasteiger partial charge in [0.25, 0.3) is 0 Å². The van der Waals surface area contributed by atoms with Crippen molar-refractivity contribution in [1.82, 2.24) is 15.3 Å². The van der Waals surface area contributed by atoms with E-state index < -0.39 is 6.09 Å². The van der Waals surface area contributed by atoms with Crippen LogP contribution in [0.1, 0.15) is 12.0 Å². The number of ether oxygens (including phenoxy) is 2. The van der Waals surface area contributed by atoms with Gasteiger partial charge in [0.15, 0.2) is 0 Å². The van der Waals surface area contributed by atoms with Crippen LogP contribution in [0.2, 0.25) is 5.02 Å². The molecule has 9 nitrogen and oxygen atoms in total. The molecule has 0 saturated heterocycles. The molecule has 1 heterocycles. The van der Waals surface area contributed by atoms with E-state index in [4.69, 9.17) is 21.1 Å². The molecule has 3 N–H and O–H groups in total. The summed E-state index contributed by atoms with van der Waals surface area (Å²) < 4.78 is 24.3. The Balaban J connectivity index is 1.19. The first-order valence-electron chi connectivity index (χ1n) is 12.9. The average molecular weight is 586 g/mol. The summed E-state index contributed by atoms with van der Waals surface area (Å²) in [5.41, 5.74) is 2.54. The number of halogens is 2. The zero-order valence-electron chi connectivity index (χ0n) is 22.1. The lowest BCUT2D eigenvalue weighted by Crippen LogP contribution is -2.30. The summed E-state index contributed by atoms with van der Waals surface area (Å²) >= 11 is 6.44. The molecule has 5 rings (SSSR count). The second-order valence-corrected chi connectivity index (χ2v) is 9.48. The summed E-state index contributed by atoms with van der Waals surface area (Å²) in [5.74, 6) is 0.744. The molecular formula is C31H25ClFN5O4. The third-order valence-corrected chi connectivity index (χ3v) is 6.27. The van der Waals surface area contributed by atoms with E-state index in [0.29, 0.717) is 50.2 Å². The first kappa shape index (κ1) is 28.3. The number of aromatic nitrogens is 2. The van der Waals surface area contributed by atoms with Crippen LogP contribution in [0.15, 0.2) is 97.3 Å². The molecule has 42 heavy (non-hydrogen) atoms. The van der Waals surface area contributed by atoms with Crippen molar-refractivity contribution in [2.45, 2.75) is 13.0 Å². The predicted octanol–water partition coefficient (Wildman–Crippen LogP) is 6.86. The molecule has 212 valence electrons. The second kappa shape index (κ2) is 13.4. The Morgan fingerprint density at radius 3 is 2.52 bits per heavy atom. The van der Waals surface area contributed by atoms with Gasteiger partial charge in [0, 0.05) is 29.7 Å². The van der Waals surface area contributed by atoms with E-state index in [1.54, 1.807) is 72.8 Å². The lowest BCUT2D eigenvalue weighted by Gasteiger charge is -2.13. The minimum absolute atomic E-state index is 0.0461. The molecule has 11 heteroatoms. The molecule has 1 aromatic heterocycles. The van der Waals surface area contributed by atoms with Crippen LogP contribution in [0.4, 0.5) is 26.4 Å². The zero-order chi connectivity index (χ0) is 29.3. The van der Waals surface area contributed by atoms with Gasteiger partial charge in [0.05, 0.1) is 10.5 Å². The number of anilines is 3. The normalized spacial score (nSPS) is 10.6. The molecular weight excluding hydrogens is 561 g/mol. The first-order valence-corrected chi connectivity index (χ1v) is 13.3. The Bertz CT molecular complexity index is 1720. The molecule has 0 aliphatic rings. The number of benzene rings is 4. The number of carbonyl (C=O) groups is 2. The molecule has 4 aromatic carbocycles. The number of nitrogens with one attached hydrogen (secondary N) is 3. The molecule has 0 aliphatic heterocycles. The Kier molecular flexibility index (Phi) is 9.05. The number of hydrogen-bond donors (Lipinski definition) is 3. The fourth-order valence-corrected chi connectivity index (χ4v) is 4.22. The molecule has 0 fully saturated rings. The number of fused-ring (bicyclic) bond motifs is 1. The van der Waals surface area contributed by atoms with E-state index in [-0.39, 0.29) is 31.3 Å². The maximum absolute atomic E-state index is 13.4. The van der Waals surface area contributed by atoms with Crippen molar-refractivity contribution < 1.29 is 23.5 Å². The van der Waals surface area contributed by atoms with Crippen LogP contribution in [-0.2, 0) is 11.4 Å². The number of hydrogen-bond acceptors (Lipinski definition) is 7. The number of nitrogens with zero attached hydrogens (tertiary/aromatic N) is 2. The quantitative estimate of drug-likeness (QED) is 0.164. The summed E-state index contributed by atoms with van der Waals surface area (Å²) in [5, 5.41) is 9.64. The van der Waals surface area contributed by atoms with Crippen molar-refractivity contribution in [3.05, 3.63) is 114 Å². The van der Waals surface area contributed by atoms with Gasteiger partial charge in [0.2, 0.25) is 5.91 Å². The molecule has 5 aromatic rings. The highest BCUT2D eigenvalue weighted by Crippen LogP contribution is 2.31. The SMILES string of the molecule is O=C(CCNC(=O)Oc1ccccc1)Nc1ccc2ncnc(Nc3ccc(OCc4cccc(F)c4)c(Cl)c3)c2c1. The molecule has 0 bridgehead atoms. The number of amides is 2. The smallest absolute Gasteiger partial charge is 0.412 e. The van der Waals surface area contributed by atoms with Gasteiger partial charge >= 0.3 is 6.09 Å². The summed E-state index contributed by atoms with van der Waals surface area (Å²) in [6.45, 7) is 0.271. The topological polar surface area (TPSA) is 114 Å². The van der Waals surface area contributed by atoms with Crippen molar-refractivity contribution in [2.24, 2.45) is 0 Å². The van der Waals surface area contributed by atoms with Gasteiger partial charge in [-0.05, 0) is 66.2 Å². The van der Waals surface area contributed by atoms with Gasteiger partial charge in [-0.25, -0.2) is 19.2 Å². The van der Waals surface area contributed by atoms with Gasteiger partial charge in [0.1, 0.15) is 36.1 Å². The maximum atomic E-state index is 13.4. The molecule has 0 atom stereocenters. The van der Waals surface area contributed by atoms with Crippen LogP contribution in [0.3, 0.4) is 0 Å². The van der Waals surface area contributed by atoms with Crippen molar-refractivity contribution in [3.63, 3.8) is 0 Å². The highest BCUT2D eigenvalue weighted by atomic mass is 35.5. The average Bonchev–Trinajstić information content (AvgIpc) is 2.97. The van der Waals surface area contributed by atoms with E-state index in [1.165, 1.54) is 18.5 Å². The Hall–Kier alpha value is -5.22. The lowest BCUT2D eigenvalue weighted by molar-refractivity contribution is -0.116. The second-order valence-electron chi connectivity index (χ2n) is 9.07. The Morgan fingerprint density at radius 1 is 0.881 bits per heavy atom. The maximum Gasteiger partial charge on any atom is 0.412 e. The van der Waals surface area contributed by atoms with Gasteiger partial charge in [-0.1, -0.05) is 41.9 Å². The van der Waals surface area contributed by atoms with E-state index >= 15 is 0 Å². The van der Waals surface area contributed by atoms with E-state index in [0.717, 1.165) is 0 Å². The van der Waals surface area contributed by atoms with Crippen molar-refractivity contribution in [3.8, 4) is 11.5 Å². The molecule has 2 amide bonds. The van der Waals surface area contributed by atoms with E-state index in [1.807, 2.05) is 6.07 Å². The van der Waals surface area contributed by atoms with Gasteiger partial charge < -0.3 is 25.4 Å². The van der Waals surface area contributed by atoms with Crippen molar-refractivity contribution in [1.29, 1.82) is 0 Å². The van der Waals surface area contributed by atoms with Gasteiger partial charge in [-0.2, -0.15) is 0 Å². The standard InChI is InChI=1S/C31H25ClFN5O4/c32-26-17-23(10-12-28(26)41-18-20-5-4-6-21(33)15-20)38-30-25-16-22(9-11-27(25)35-19-36-30)37-29(39)13-14-34-31(40)42-24-7-2-1-3-8-24/h1-12,15-17,19H,13-14,18H2,(H,34,40)(H,37,39)(H,35,36,38). The van der Waals surface area contributed by atoms with Crippen LogP contribution in [0, 0.1) is 5.82 Å². The first-order chi connectivity index (χ1) is 20.4. The monoisotopic (exact) mass is 585 g/mol. The largest absolute Gasteiger partial charge is 0.487 e. The molecule has 0 saturated carbocycles. The summed E-state index contributed by atoms with van der Waals surface area (Å²) in [6.07, 6.45) is 0.838. The van der Waals surface area contributed by atoms with E-state index in [2.05, 4.69) is 25.9 Å². The highest BCUT2D eigenvalue weighted by Gasteiger charge is 2.11. The van der Waals surface area contributed by atoms with Crippen LogP contribution in [-0.4, -0.2) is 28.5 Å². The fraction of sp³-hybridized carbons (Fsp3) is 0.0968. The number of para-hydroxylation sites is 1. The third kappa shape index (κ3) is 7.70. The minimum atomic E-state index is -0.640. The van der Waals surface area contributed by atoms with Crippen LogP contribution in [0.5, 0.6) is 11.5 Å². The number of carbonyl (C=O) groups excluding carboxylic acids is 2. The summed E-state index contributed by atoms with van der Waals surface area (Å²) in [4.78, 5) is 33.1. The third-order valence-electron chi connectivity index (χ3n) is 5.97. The molecule has 0 radical (unpaired) electrons. The predicted molar refractivity (Wildman–Crippen MR) is 159 cm³/mol. The zero-order valence-corrected chi connectivity index (χ0v) is 22.9. The lowest BCUT2D eigenvalue weighted by atomic mass is 10.2. The summed E-state index contributed by atoms with van der Waals surface area (Å²) in [6, 6.07) is 25.2. The van der Waals surface area contributed by atoms with Crippen LogP contribution >= 0.6 is 11.6 Å². The minimum Gasteiger partial charge on any atom is -0.487 e. The Morgan fingerprint density at radius 2 is 1.71 bits per heavy atom. The van der Waals surface area contributed by atoms with Gasteiger partial charge in [-0.3, -0.25) is 4.79 Å². The van der Waals surface area contributed by atoms with E-state index in [9.17, 15) is 14.0 Å². The van der Waals surface area contributed by atoms with Crippen LogP contribution in [0.25, 0.3) is 10.9 Å². The molecule has 0 unspecified atom stereocenters. The van der Waals surface area contributed by atoms with Gasteiger partial charge in [-0.15, -0.1) is 0 Å².